The van der Waals surface area contributed by atoms with Crippen molar-refractivity contribution in [1.82, 2.24) is 4.72 Å². The van der Waals surface area contributed by atoms with Gasteiger partial charge in [-0.15, -0.1) is 0 Å². The lowest BCUT2D eigenvalue weighted by molar-refractivity contribution is 0.490. The van der Waals surface area contributed by atoms with Crippen LogP contribution < -0.4 is 14.8 Å². The number of rotatable bonds is 3. The molecule has 0 atom stereocenters. The molecule has 0 aliphatic carbocycles. The highest BCUT2D eigenvalue weighted by Crippen LogP contribution is 2.19. The van der Waals surface area contributed by atoms with Crippen LogP contribution in [-0.4, -0.2) is 21.0 Å². The third kappa shape index (κ3) is 3.90. The number of benzene rings is 1. The zero-order chi connectivity index (χ0) is 13.3. The number of hydrogen-bond acceptors (Lipinski definition) is 3. The number of nitrogen functional groups attached to an aromatic ring is 1. The third-order valence-electron chi connectivity index (χ3n) is 2.03. The Morgan fingerprint density at radius 3 is 2.35 bits per heavy atom. The van der Waals surface area contributed by atoms with Crippen molar-refractivity contribution in [3.63, 3.8) is 0 Å². The van der Waals surface area contributed by atoms with E-state index in [0.717, 1.165) is 0 Å². The van der Waals surface area contributed by atoms with Crippen LogP contribution >= 0.6 is 0 Å². The maximum absolute atomic E-state index is 12.0. The first-order valence-electron chi connectivity index (χ1n) is 5.25. The molecule has 0 amide bonds. The summed E-state index contributed by atoms with van der Waals surface area (Å²) in [5.41, 5.74) is 6.16. The van der Waals surface area contributed by atoms with E-state index in [0.29, 0.717) is 11.4 Å². The maximum atomic E-state index is 12.0. The molecule has 0 fully saturated rings. The van der Waals surface area contributed by atoms with Gasteiger partial charge in [0, 0.05) is 18.3 Å². The first kappa shape index (κ1) is 13.8. The van der Waals surface area contributed by atoms with Crippen LogP contribution in [0.1, 0.15) is 20.8 Å². The molecule has 1 rings (SSSR count). The minimum Gasteiger partial charge on any atom is -0.399 e. The molecule has 0 heterocycles. The largest absolute Gasteiger partial charge is 0.399 e. The van der Waals surface area contributed by atoms with E-state index in [1.54, 1.807) is 45.0 Å². The van der Waals surface area contributed by atoms with Crippen molar-refractivity contribution >= 4 is 21.6 Å². The molecule has 0 bridgehead atoms. The molecule has 0 aliphatic heterocycles. The second-order valence-corrected chi connectivity index (χ2v) is 6.62. The van der Waals surface area contributed by atoms with Crippen LogP contribution in [0.15, 0.2) is 24.3 Å². The lowest BCUT2D eigenvalue weighted by Gasteiger charge is -2.26. The number of nitrogens with zero attached hydrogens (tertiary/aromatic N) is 1. The van der Waals surface area contributed by atoms with Gasteiger partial charge in [-0.3, -0.25) is 4.31 Å². The molecule has 0 radical (unpaired) electrons. The van der Waals surface area contributed by atoms with E-state index in [9.17, 15) is 8.42 Å². The number of nitrogens with two attached hydrogens (primary N) is 1. The Balaban J connectivity index is 3.01. The summed E-state index contributed by atoms with van der Waals surface area (Å²) in [6, 6.07) is 6.73. The molecular weight excluding hydrogens is 238 g/mol. The molecule has 0 unspecified atom stereocenters. The molecule has 5 nitrogen and oxygen atoms in total. The monoisotopic (exact) mass is 257 g/mol. The molecule has 1 aromatic rings. The van der Waals surface area contributed by atoms with E-state index >= 15 is 0 Å². The van der Waals surface area contributed by atoms with Gasteiger partial charge in [0.2, 0.25) is 0 Å². The molecule has 0 aromatic heterocycles. The molecule has 6 heteroatoms. The molecule has 0 saturated carbocycles. The Bertz CT molecular complexity index is 492. The smallest absolute Gasteiger partial charge is 0.301 e. The van der Waals surface area contributed by atoms with Crippen LogP contribution in [0.5, 0.6) is 0 Å². The fraction of sp³-hybridized carbons (Fsp3) is 0.455. The lowest BCUT2D eigenvalue weighted by atomic mass is 10.1. The highest BCUT2D eigenvalue weighted by Gasteiger charge is 2.24. The van der Waals surface area contributed by atoms with Gasteiger partial charge >= 0.3 is 10.2 Å². The van der Waals surface area contributed by atoms with Gasteiger partial charge in [-0.1, -0.05) is 6.07 Å². The molecule has 17 heavy (non-hydrogen) atoms. The molecule has 96 valence electrons. The van der Waals surface area contributed by atoms with E-state index < -0.39 is 15.7 Å². The van der Waals surface area contributed by atoms with E-state index in [-0.39, 0.29) is 0 Å². The van der Waals surface area contributed by atoms with Gasteiger partial charge in [-0.05, 0) is 39.0 Å². The van der Waals surface area contributed by atoms with Crippen LogP contribution in [-0.2, 0) is 10.2 Å². The van der Waals surface area contributed by atoms with Crippen molar-refractivity contribution < 1.29 is 8.42 Å². The standard InChI is InChI=1S/C11H19N3O2S/c1-11(2,3)13-17(15,16)14(4)10-7-5-6-9(12)8-10/h5-8,13H,12H2,1-4H3. The minimum atomic E-state index is -3.56. The Kier molecular flexibility index (Phi) is 3.68. The van der Waals surface area contributed by atoms with Gasteiger partial charge < -0.3 is 5.73 Å². The average Bonchev–Trinajstić information content (AvgIpc) is 2.12. The van der Waals surface area contributed by atoms with Crippen LogP contribution in [0, 0.1) is 0 Å². The summed E-state index contributed by atoms with van der Waals surface area (Å²) in [5, 5.41) is 0. The van der Waals surface area contributed by atoms with Gasteiger partial charge in [0.15, 0.2) is 0 Å². The summed E-state index contributed by atoms with van der Waals surface area (Å²) in [4.78, 5) is 0. The fourth-order valence-electron chi connectivity index (χ4n) is 1.31. The lowest BCUT2D eigenvalue weighted by Crippen LogP contribution is -2.47. The van der Waals surface area contributed by atoms with Gasteiger partial charge in [0.25, 0.3) is 0 Å². The number of anilines is 2. The van der Waals surface area contributed by atoms with Gasteiger partial charge in [0.05, 0.1) is 5.69 Å². The predicted octanol–water partition coefficient (Wildman–Crippen LogP) is 1.34. The number of hydrogen-bond donors (Lipinski definition) is 2. The zero-order valence-corrected chi connectivity index (χ0v) is 11.4. The molecule has 0 aliphatic rings. The molecule has 3 N–H and O–H groups in total. The summed E-state index contributed by atoms with van der Waals surface area (Å²) >= 11 is 0. The predicted molar refractivity (Wildman–Crippen MR) is 71.1 cm³/mol. The van der Waals surface area contributed by atoms with Gasteiger partial charge in [-0.2, -0.15) is 13.1 Å². The van der Waals surface area contributed by atoms with E-state index in [1.165, 1.54) is 11.4 Å². The van der Waals surface area contributed by atoms with Crippen molar-refractivity contribution in [2.45, 2.75) is 26.3 Å². The zero-order valence-electron chi connectivity index (χ0n) is 10.6. The van der Waals surface area contributed by atoms with Crippen molar-refractivity contribution in [3.8, 4) is 0 Å². The van der Waals surface area contributed by atoms with Crippen molar-refractivity contribution in [2.24, 2.45) is 0 Å². The fourth-order valence-corrected chi connectivity index (χ4v) is 2.62. The normalized spacial score (nSPS) is 12.5. The highest BCUT2D eigenvalue weighted by atomic mass is 32.2. The van der Waals surface area contributed by atoms with Crippen LogP contribution in [0.3, 0.4) is 0 Å². The molecule has 1 aromatic carbocycles. The SMILES string of the molecule is CN(c1cccc(N)c1)S(=O)(=O)NC(C)(C)C. The van der Waals surface area contributed by atoms with Crippen molar-refractivity contribution in [2.75, 3.05) is 17.1 Å². The second-order valence-electron chi connectivity index (χ2n) is 4.92. The summed E-state index contributed by atoms with van der Waals surface area (Å²) in [6.07, 6.45) is 0. The van der Waals surface area contributed by atoms with E-state index in [2.05, 4.69) is 4.72 Å². The summed E-state index contributed by atoms with van der Waals surface area (Å²) in [7, 11) is -2.07. The Hall–Kier alpha value is -1.27. The van der Waals surface area contributed by atoms with Gasteiger partial charge in [-0.25, -0.2) is 0 Å². The highest BCUT2D eigenvalue weighted by molar-refractivity contribution is 7.90. The first-order valence-corrected chi connectivity index (χ1v) is 6.69. The van der Waals surface area contributed by atoms with Crippen molar-refractivity contribution in [3.05, 3.63) is 24.3 Å². The van der Waals surface area contributed by atoms with Gasteiger partial charge in [0.1, 0.15) is 0 Å². The number of nitrogens with one attached hydrogen (secondary N) is 1. The second kappa shape index (κ2) is 4.54. The summed E-state index contributed by atoms with van der Waals surface area (Å²) in [5.74, 6) is 0. The first-order chi connectivity index (χ1) is 7.62. The Morgan fingerprint density at radius 2 is 1.88 bits per heavy atom. The third-order valence-corrected chi connectivity index (χ3v) is 3.83. The van der Waals surface area contributed by atoms with Crippen LogP contribution in [0.25, 0.3) is 0 Å². The van der Waals surface area contributed by atoms with Crippen LogP contribution in [0.2, 0.25) is 0 Å². The quantitative estimate of drug-likeness (QED) is 0.802. The summed E-state index contributed by atoms with van der Waals surface area (Å²) in [6.45, 7) is 5.37. The van der Waals surface area contributed by atoms with E-state index in [4.69, 9.17) is 5.73 Å². The summed E-state index contributed by atoms with van der Waals surface area (Å²) < 4.78 is 27.8. The minimum absolute atomic E-state index is 0.520. The molecular formula is C11H19N3O2S. The molecule has 0 spiro atoms. The van der Waals surface area contributed by atoms with Crippen LogP contribution in [0.4, 0.5) is 11.4 Å². The maximum Gasteiger partial charge on any atom is 0.301 e. The van der Waals surface area contributed by atoms with Crippen molar-refractivity contribution in [1.29, 1.82) is 0 Å². The Morgan fingerprint density at radius 1 is 1.29 bits per heavy atom. The average molecular weight is 257 g/mol. The topological polar surface area (TPSA) is 75.4 Å². The Labute approximate surface area is 103 Å². The molecule has 0 saturated heterocycles. The van der Waals surface area contributed by atoms with E-state index in [1.807, 2.05) is 0 Å².